The minimum absolute atomic E-state index is 0.632. The second-order valence-corrected chi connectivity index (χ2v) is 9.18. The molecule has 0 aromatic carbocycles. The Morgan fingerprint density at radius 3 is 2.62 bits per heavy atom. The number of hydrogen-bond donors (Lipinski definition) is 2. The highest BCUT2D eigenvalue weighted by Crippen LogP contribution is 2.29. The van der Waals surface area contributed by atoms with Gasteiger partial charge in [-0.25, -0.2) is 4.98 Å². The van der Waals surface area contributed by atoms with Crippen LogP contribution in [-0.4, -0.2) is 80.3 Å². The number of aryl methyl sites for hydroxylation is 1. The number of nitrogens with zero attached hydrogens (tertiary/aromatic N) is 6. The number of nitrogens with one attached hydrogen (secondary N) is 2. The second kappa shape index (κ2) is 9.87. The van der Waals surface area contributed by atoms with Gasteiger partial charge in [-0.2, -0.15) is 5.10 Å². The number of H-pyrrole nitrogens is 1. The number of rotatable bonds is 7. The fourth-order valence-corrected chi connectivity index (χ4v) is 4.47. The maximum absolute atomic E-state index is 4.90. The highest BCUT2D eigenvalue weighted by molar-refractivity contribution is 5.83. The van der Waals surface area contributed by atoms with Gasteiger partial charge in [0.05, 0.1) is 46.2 Å². The first kappa shape index (κ1) is 22.4. The first-order valence-electron chi connectivity index (χ1n) is 12.0. The lowest BCUT2D eigenvalue weighted by Crippen LogP contribution is -2.49. The molecule has 5 rings (SSSR count). The summed E-state index contributed by atoms with van der Waals surface area (Å²) < 4.78 is 0. The van der Waals surface area contributed by atoms with E-state index in [0.717, 1.165) is 84.3 Å². The summed E-state index contributed by atoms with van der Waals surface area (Å²) >= 11 is 0. The lowest BCUT2D eigenvalue weighted by Gasteiger charge is -2.36. The van der Waals surface area contributed by atoms with Crippen LogP contribution in [0.15, 0.2) is 48.8 Å². The predicted molar refractivity (Wildman–Crippen MR) is 137 cm³/mol. The van der Waals surface area contributed by atoms with Gasteiger partial charge in [-0.05, 0) is 51.1 Å². The van der Waals surface area contributed by atoms with E-state index in [2.05, 4.69) is 55.2 Å². The molecule has 4 aromatic heterocycles. The number of piperazine rings is 1. The largest absolute Gasteiger partial charge is 0.382 e. The third kappa shape index (κ3) is 4.93. The average Bonchev–Trinajstić information content (AvgIpc) is 3.34. The van der Waals surface area contributed by atoms with Crippen LogP contribution in [0.3, 0.4) is 0 Å². The molecule has 4 aromatic rings. The summed E-state index contributed by atoms with van der Waals surface area (Å²) in [6.45, 7) is 13.0. The van der Waals surface area contributed by atoms with Crippen molar-refractivity contribution in [3.05, 3.63) is 54.5 Å². The Morgan fingerprint density at radius 2 is 1.82 bits per heavy atom. The quantitative estimate of drug-likeness (QED) is 0.437. The van der Waals surface area contributed by atoms with Crippen LogP contribution in [0.5, 0.6) is 0 Å². The van der Waals surface area contributed by atoms with Crippen LogP contribution in [-0.2, 0) is 0 Å². The number of aromatic nitrogens is 5. The van der Waals surface area contributed by atoms with Crippen molar-refractivity contribution in [1.82, 2.24) is 34.9 Å². The first-order chi connectivity index (χ1) is 16.6. The van der Waals surface area contributed by atoms with Crippen molar-refractivity contribution in [2.24, 2.45) is 0 Å². The molecule has 1 aliphatic heterocycles. The molecule has 0 aliphatic carbocycles. The van der Waals surface area contributed by atoms with Gasteiger partial charge in [0.1, 0.15) is 0 Å². The predicted octanol–water partition coefficient (Wildman–Crippen LogP) is 3.83. The molecule has 34 heavy (non-hydrogen) atoms. The Morgan fingerprint density at radius 1 is 0.971 bits per heavy atom. The van der Waals surface area contributed by atoms with Crippen LogP contribution < -0.4 is 5.32 Å². The third-order valence-corrected chi connectivity index (χ3v) is 6.49. The minimum atomic E-state index is 0.632. The van der Waals surface area contributed by atoms with Crippen LogP contribution in [0.25, 0.3) is 33.7 Å². The minimum Gasteiger partial charge on any atom is -0.382 e. The van der Waals surface area contributed by atoms with Gasteiger partial charge in [-0.3, -0.25) is 24.9 Å². The molecule has 1 fully saturated rings. The number of pyridine rings is 3. The summed E-state index contributed by atoms with van der Waals surface area (Å²) in [7, 11) is 0. The fourth-order valence-electron chi connectivity index (χ4n) is 4.47. The maximum atomic E-state index is 4.90. The van der Waals surface area contributed by atoms with E-state index in [1.807, 2.05) is 49.6 Å². The van der Waals surface area contributed by atoms with Crippen molar-refractivity contribution in [2.75, 3.05) is 44.6 Å². The summed E-state index contributed by atoms with van der Waals surface area (Å²) in [6, 6.07) is 12.7. The standard InChI is InChI=1S/C26H32N8/c1-18(2)34-13-11-33(12-14-34)10-9-27-20-15-25-23(28-16-20)8-7-22(31-25)21-17-29-32-26(21)24-6-4-5-19(3)30-24/h4-8,15-18,27H,9-14H2,1-3H3,(H,29,32). The van der Waals surface area contributed by atoms with Crippen LogP contribution in [0, 0.1) is 6.92 Å². The van der Waals surface area contributed by atoms with Gasteiger partial charge in [0.25, 0.3) is 0 Å². The van der Waals surface area contributed by atoms with Gasteiger partial charge in [-0.15, -0.1) is 0 Å². The van der Waals surface area contributed by atoms with Crippen molar-refractivity contribution >= 4 is 16.7 Å². The van der Waals surface area contributed by atoms with Crippen LogP contribution in [0.4, 0.5) is 5.69 Å². The van der Waals surface area contributed by atoms with E-state index in [1.165, 1.54) is 0 Å². The molecule has 0 spiro atoms. The zero-order valence-corrected chi connectivity index (χ0v) is 20.1. The number of aromatic amines is 1. The smallest absolute Gasteiger partial charge is 0.0928 e. The van der Waals surface area contributed by atoms with Crippen LogP contribution in [0.1, 0.15) is 19.5 Å². The van der Waals surface area contributed by atoms with Crippen molar-refractivity contribution < 1.29 is 0 Å². The lowest BCUT2D eigenvalue weighted by molar-refractivity contribution is 0.111. The fraction of sp³-hybridized carbons (Fsp3) is 0.385. The van der Waals surface area contributed by atoms with Gasteiger partial charge in [-0.1, -0.05) is 6.07 Å². The van der Waals surface area contributed by atoms with Gasteiger partial charge in [0.15, 0.2) is 0 Å². The molecule has 5 heterocycles. The summed E-state index contributed by atoms with van der Waals surface area (Å²) in [5, 5.41) is 10.9. The topological polar surface area (TPSA) is 85.9 Å². The molecule has 0 unspecified atom stereocenters. The molecule has 1 aliphatic rings. The Bertz CT molecular complexity index is 1260. The number of hydrogen-bond acceptors (Lipinski definition) is 7. The molecule has 0 bridgehead atoms. The highest BCUT2D eigenvalue weighted by atomic mass is 15.3. The third-order valence-electron chi connectivity index (χ3n) is 6.49. The SMILES string of the molecule is Cc1cccc(-c2[nH]ncc2-c2ccc3ncc(NCCN4CCN(C(C)C)CC4)cc3n2)n1. The highest BCUT2D eigenvalue weighted by Gasteiger charge is 2.18. The van der Waals surface area contributed by atoms with Crippen molar-refractivity contribution in [3.8, 4) is 22.6 Å². The van der Waals surface area contributed by atoms with E-state index < -0.39 is 0 Å². The molecular weight excluding hydrogens is 424 g/mol. The first-order valence-corrected chi connectivity index (χ1v) is 12.0. The Hall–Kier alpha value is -3.36. The van der Waals surface area contributed by atoms with E-state index in [0.29, 0.717) is 6.04 Å². The summed E-state index contributed by atoms with van der Waals surface area (Å²) in [5.41, 5.74) is 7.19. The van der Waals surface area contributed by atoms with Gasteiger partial charge in [0.2, 0.25) is 0 Å². The molecule has 176 valence electrons. The molecule has 0 amide bonds. The average molecular weight is 457 g/mol. The zero-order chi connectivity index (χ0) is 23.5. The summed E-state index contributed by atoms with van der Waals surface area (Å²) in [5.74, 6) is 0. The van der Waals surface area contributed by atoms with E-state index in [9.17, 15) is 0 Å². The van der Waals surface area contributed by atoms with Crippen LogP contribution >= 0.6 is 0 Å². The van der Waals surface area contributed by atoms with E-state index in [1.54, 1.807) is 0 Å². The Labute approximate surface area is 200 Å². The second-order valence-electron chi connectivity index (χ2n) is 9.18. The van der Waals surface area contributed by atoms with Crippen molar-refractivity contribution in [3.63, 3.8) is 0 Å². The molecule has 8 nitrogen and oxygen atoms in total. The monoisotopic (exact) mass is 456 g/mol. The molecule has 1 saturated heterocycles. The van der Waals surface area contributed by atoms with E-state index >= 15 is 0 Å². The Balaban J connectivity index is 1.28. The number of anilines is 1. The molecule has 0 saturated carbocycles. The van der Waals surface area contributed by atoms with E-state index in [4.69, 9.17) is 4.98 Å². The van der Waals surface area contributed by atoms with Gasteiger partial charge in [0, 0.05) is 56.6 Å². The summed E-state index contributed by atoms with van der Waals surface area (Å²) in [4.78, 5) is 19.2. The van der Waals surface area contributed by atoms with Crippen LogP contribution in [0.2, 0.25) is 0 Å². The normalized spacial score (nSPS) is 15.3. The van der Waals surface area contributed by atoms with Crippen molar-refractivity contribution in [2.45, 2.75) is 26.8 Å². The lowest BCUT2D eigenvalue weighted by atomic mass is 10.1. The maximum Gasteiger partial charge on any atom is 0.0928 e. The van der Waals surface area contributed by atoms with Crippen molar-refractivity contribution in [1.29, 1.82) is 0 Å². The van der Waals surface area contributed by atoms with Gasteiger partial charge >= 0.3 is 0 Å². The van der Waals surface area contributed by atoms with Gasteiger partial charge < -0.3 is 5.32 Å². The molecular formula is C26H32N8. The zero-order valence-electron chi connectivity index (χ0n) is 20.1. The Kier molecular flexibility index (Phi) is 6.51. The molecule has 0 atom stereocenters. The molecule has 0 radical (unpaired) electrons. The number of fused-ring (bicyclic) bond motifs is 1. The molecule has 8 heteroatoms. The summed E-state index contributed by atoms with van der Waals surface area (Å²) in [6.07, 6.45) is 3.70. The molecule has 2 N–H and O–H groups in total. The van der Waals surface area contributed by atoms with E-state index in [-0.39, 0.29) is 0 Å².